The van der Waals surface area contributed by atoms with Gasteiger partial charge in [0.2, 0.25) is 5.91 Å². The van der Waals surface area contributed by atoms with Crippen LogP contribution in [-0.2, 0) is 9.53 Å². The highest BCUT2D eigenvalue weighted by atomic mass is 28.3. The molecule has 1 saturated heterocycles. The quantitative estimate of drug-likeness (QED) is 0.164. The zero-order chi connectivity index (χ0) is 22.4. The Morgan fingerprint density at radius 2 is 2.16 bits per heavy atom. The van der Waals surface area contributed by atoms with Crippen molar-refractivity contribution in [3.05, 3.63) is 40.5 Å². The molecule has 0 aromatic carbocycles. The van der Waals surface area contributed by atoms with Gasteiger partial charge in [-0.15, -0.1) is 0 Å². The molecule has 31 heavy (non-hydrogen) atoms. The first-order chi connectivity index (χ1) is 14.8. The number of urea groups is 1. The maximum atomic E-state index is 13.0. The number of ether oxygens (including phenoxy) is 1. The number of rotatable bonds is 7. The molecule has 0 aliphatic carbocycles. The highest BCUT2D eigenvalue weighted by Gasteiger charge is 2.34. The van der Waals surface area contributed by atoms with E-state index >= 15 is 0 Å². The van der Waals surface area contributed by atoms with Gasteiger partial charge in [-0.25, -0.2) is 14.2 Å². The van der Waals surface area contributed by atoms with Gasteiger partial charge in [-0.3, -0.25) is 9.69 Å². The number of pyridine rings is 1. The van der Waals surface area contributed by atoms with E-state index in [2.05, 4.69) is 46.6 Å². The summed E-state index contributed by atoms with van der Waals surface area (Å²) in [4.78, 5) is 30.7. The Hall–Kier alpha value is -3.32. The van der Waals surface area contributed by atoms with Crippen molar-refractivity contribution < 1.29 is 14.3 Å². The number of amides is 3. The molecule has 0 atom stereocenters. The highest BCUT2D eigenvalue weighted by molar-refractivity contribution is 6.76. The molecule has 0 bridgehead atoms. The molecule has 11 heteroatoms. The molecule has 3 rings (SSSR count). The van der Waals surface area contributed by atoms with Crippen molar-refractivity contribution in [1.82, 2.24) is 14.5 Å². The van der Waals surface area contributed by atoms with Crippen LogP contribution >= 0.6 is 0 Å². The Bertz CT molecular complexity index is 1090. The molecular weight excluding hydrogens is 414 g/mol. The summed E-state index contributed by atoms with van der Waals surface area (Å²) in [7, 11) is -1.25. The van der Waals surface area contributed by atoms with Crippen molar-refractivity contribution in [3.63, 3.8) is 0 Å². The molecule has 1 aliphatic heterocycles. The Labute approximate surface area is 181 Å². The normalized spacial score (nSPS) is 14.4. The third-order valence-electron chi connectivity index (χ3n) is 4.77. The number of hydrogen-bond acceptors (Lipinski definition) is 5. The third kappa shape index (κ3) is 5.64. The van der Waals surface area contributed by atoms with Crippen molar-refractivity contribution >= 4 is 31.2 Å². The van der Waals surface area contributed by atoms with Gasteiger partial charge in [-0.05, 0) is 23.7 Å². The monoisotopic (exact) mass is 439 g/mol. The number of carbonyl (C=O) groups is 2. The Morgan fingerprint density at radius 1 is 1.35 bits per heavy atom. The summed E-state index contributed by atoms with van der Waals surface area (Å²) in [5.41, 5.74) is 10.3. The van der Waals surface area contributed by atoms with E-state index in [0.717, 1.165) is 10.9 Å². The fraction of sp³-hybridized carbons (Fsp3) is 0.450. The summed E-state index contributed by atoms with van der Waals surface area (Å²) in [5, 5.41) is 7.69. The predicted molar refractivity (Wildman–Crippen MR) is 119 cm³/mol. The zero-order valence-electron chi connectivity index (χ0n) is 17.9. The minimum atomic E-state index is -1.25. The first kappa shape index (κ1) is 22.4. The molecule has 0 N–H and O–H groups in total. The van der Waals surface area contributed by atoms with Crippen LogP contribution in [0.3, 0.4) is 0 Å². The molecule has 0 unspecified atom stereocenters. The number of nitrogens with zero attached hydrogens (tertiary/aromatic N) is 7. The fourth-order valence-corrected chi connectivity index (χ4v) is 3.79. The molecule has 2 aromatic heterocycles. The summed E-state index contributed by atoms with van der Waals surface area (Å²) >= 11 is 0. The first-order valence-corrected chi connectivity index (χ1v) is 13.7. The maximum absolute atomic E-state index is 13.0. The standard InChI is InChI=1S/C20H25N7O3Si/c1-31(2,3)12-11-30-15-26-19(28)7-9-25(20(26)29)18-14-23-27-10-6-16(13-17(18)27)5-4-8-22-24-21/h6,10,13-14H,7-9,11-12,15H2,1-3H3. The van der Waals surface area contributed by atoms with Crippen LogP contribution in [0, 0.1) is 11.8 Å². The molecule has 162 valence electrons. The lowest BCUT2D eigenvalue weighted by atomic mass is 10.2. The molecule has 1 fully saturated rings. The number of aromatic nitrogens is 2. The van der Waals surface area contributed by atoms with Crippen LogP contribution in [0.1, 0.15) is 12.0 Å². The largest absolute Gasteiger partial charge is 0.361 e. The number of carbonyl (C=O) groups excluding carboxylic acids is 2. The van der Waals surface area contributed by atoms with Gasteiger partial charge < -0.3 is 4.74 Å². The molecule has 1 aliphatic rings. The zero-order valence-corrected chi connectivity index (χ0v) is 18.9. The first-order valence-electron chi connectivity index (χ1n) is 9.97. The van der Waals surface area contributed by atoms with E-state index in [1.54, 1.807) is 27.9 Å². The highest BCUT2D eigenvalue weighted by Crippen LogP contribution is 2.26. The van der Waals surface area contributed by atoms with Crippen LogP contribution in [0.2, 0.25) is 25.7 Å². The second-order valence-corrected chi connectivity index (χ2v) is 13.9. The molecule has 3 heterocycles. The van der Waals surface area contributed by atoms with Crippen LogP contribution < -0.4 is 4.90 Å². The lowest BCUT2D eigenvalue weighted by Gasteiger charge is -2.33. The van der Waals surface area contributed by atoms with Gasteiger partial charge in [-0.2, -0.15) is 5.10 Å². The van der Waals surface area contributed by atoms with Gasteiger partial charge in [0.05, 0.1) is 23.9 Å². The van der Waals surface area contributed by atoms with Gasteiger partial charge in [0.1, 0.15) is 6.73 Å². The van der Waals surface area contributed by atoms with E-state index in [1.165, 1.54) is 0 Å². The van der Waals surface area contributed by atoms with E-state index in [0.29, 0.717) is 23.4 Å². The maximum Gasteiger partial charge on any atom is 0.333 e. The van der Waals surface area contributed by atoms with E-state index < -0.39 is 14.1 Å². The average Bonchev–Trinajstić information content (AvgIpc) is 3.13. The van der Waals surface area contributed by atoms with Crippen molar-refractivity contribution in [1.29, 1.82) is 0 Å². The molecule has 3 amide bonds. The second-order valence-electron chi connectivity index (χ2n) is 8.32. The lowest BCUT2D eigenvalue weighted by Crippen LogP contribution is -2.53. The smallest absolute Gasteiger partial charge is 0.333 e. The fourth-order valence-electron chi connectivity index (χ4n) is 3.04. The molecule has 0 spiro atoms. The van der Waals surface area contributed by atoms with Crippen LogP contribution in [0.15, 0.2) is 29.6 Å². The topological polar surface area (TPSA) is 116 Å². The number of imide groups is 1. The Kier molecular flexibility index (Phi) is 6.97. The minimum Gasteiger partial charge on any atom is -0.361 e. The van der Waals surface area contributed by atoms with Gasteiger partial charge in [0, 0.05) is 44.3 Å². The Balaban J connectivity index is 1.77. The van der Waals surface area contributed by atoms with E-state index in [-0.39, 0.29) is 32.1 Å². The van der Waals surface area contributed by atoms with Crippen molar-refractivity contribution in [2.75, 3.05) is 31.3 Å². The summed E-state index contributed by atoms with van der Waals surface area (Å²) in [6.07, 6.45) is 3.56. The summed E-state index contributed by atoms with van der Waals surface area (Å²) in [6.45, 7) is 7.57. The second kappa shape index (κ2) is 9.66. The van der Waals surface area contributed by atoms with E-state index in [1.807, 2.05) is 6.07 Å². The minimum absolute atomic E-state index is 0.0476. The van der Waals surface area contributed by atoms with Crippen LogP contribution in [0.5, 0.6) is 0 Å². The molecule has 0 radical (unpaired) electrons. The van der Waals surface area contributed by atoms with Gasteiger partial charge in [0.15, 0.2) is 0 Å². The number of fused-ring (bicyclic) bond motifs is 1. The predicted octanol–water partition coefficient (Wildman–Crippen LogP) is 3.47. The molecular formula is C20H25N7O3Si. The van der Waals surface area contributed by atoms with Gasteiger partial charge >= 0.3 is 6.03 Å². The van der Waals surface area contributed by atoms with Crippen LogP contribution in [0.4, 0.5) is 10.5 Å². The molecule has 2 aromatic rings. The lowest BCUT2D eigenvalue weighted by molar-refractivity contribution is -0.133. The van der Waals surface area contributed by atoms with Gasteiger partial charge in [-0.1, -0.05) is 36.6 Å². The SMILES string of the molecule is C[Si](C)(C)CCOCN1C(=O)CCN(c2cnn3ccc(C#CCN=[N+]=[N-])cc23)C1=O. The van der Waals surface area contributed by atoms with Crippen LogP contribution in [-0.4, -0.2) is 61.0 Å². The summed E-state index contributed by atoms with van der Waals surface area (Å²) < 4.78 is 7.29. The summed E-state index contributed by atoms with van der Waals surface area (Å²) in [6, 6.07) is 4.14. The number of azide groups is 1. The van der Waals surface area contributed by atoms with Crippen molar-refractivity contribution in [2.24, 2.45) is 5.11 Å². The third-order valence-corrected chi connectivity index (χ3v) is 6.47. The molecule has 0 saturated carbocycles. The van der Waals surface area contributed by atoms with Crippen molar-refractivity contribution in [3.8, 4) is 11.8 Å². The average molecular weight is 440 g/mol. The van der Waals surface area contributed by atoms with Crippen LogP contribution in [0.25, 0.3) is 16.0 Å². The number of anilines is 1. The Morgan fingerprint density at radius 3 is 2.90 bits per heavy atom. The van der Waals surface area contributed by atoms with Gasteiger partial charge in [0.25, 0.3) is 0 Å². The van der Waals surface area contributed by atoms with E-state index in [4.69, 9.17) is 10.3 Å². The van der Waals surface area contributed by atoms with Crippen molar-refractivity contribution in [2.45, 2.75) is 32.1 Å². The number of hydrogen-bond donors (Lipinski definition) is 0. The molecule has 10 nitrogen and oxygen atoms in total. The van der Waals surface area contributed by atoms with E-state index in [9.17, 15) is 9.59 Å². The summed E-state index contributed by atoms with van der Waals surface area (Å²) in [5.74, 6) is 5.46.